The Bertz CT molecular complexity index is 954. The molecule has 7 nitrogen and oxygen atoms in total. The summed E-state index contributed by atoms with van der Waals surface area (Å²) >= 11 is 0. The molecule has 3 heterocycles. The fourth-order valence-corrected chi connectivity index (χ4v) is 4.05. The molecule has 7 heteroatoms. The standard InChI is InChI=1S/C22H30N6O/c1-4-28-16-18(17(2)24-28)15-26-11-13-27(14-12-26)20-8-6-5-7-19(20)21(29)22-23-9-10-25(22)3/h5-10,16,21,29H,4,11-15H2,1-3H3. The largest absolute Gasteiger partial charge is 0.380 e. The summed E-state index contributed by atoms with van der Waals surface area (Å²) in [5.41, 5.74) is 4.44. The minimum absolute atomic E-state index is 0.666. The van der Waals surface area contributed by atoms with Crippen LogP contribution in [0.2, 0.25) is 0 Å². The van der Waals surface area contributed by atoms with Gasteiger partial charge in [-0.3, -0.25) is 9.58 Å². The summed E-state index contributed by atoms with van der Waals surface area (Å²) < 4.78 is 3.88. The molecule has 4 rings (SSSR count). The zero-order chi connectivity index (χ0) is 20.4. The average Bonchev–Trinajstić information content (AvgIpc) is 3.33. The second-order valence-electron chi connectivity index (χ2n) is 7.72. The van der Waals surface area contributed by atoms with Crippen molar-refractivity contribution in [3.8, 4) is 0 Å². The van der Waals surface area contributed by atoms with Crippen LogP contribution in [0.5, 0.6) is 0 Å². The molecule has 0 aliphatic carbocycles. The fraction of sp³-hybridized carbons (Fsp3) is 0.455. The van der Waals surface area contributed by atoms with Crippen molar-refractivity contribution in [2.24, 2.45) is 7.05 Å². The molecule has 1 unspecified atom stereocenters. The molecule has 1 N–H and O–H groups in total. The maximum Gasteiger partial charge on any atom is 0.142 e. The number of aromatic nitrogens is 4. The first-order valence-corrected chi connectivity index (χ1v) is 10.3. The Morgan fingerprint density at radius 2 is 1.90 bits per heavy atom. The predicted molar refractivity (Wildman–Crippen MR) is 114 cm³/mol. The molecule has 0 bridgehead atoms. The number of hydrogen-bond donors (Lipinski definition) is 1. The third-order valence-corrected chi connectivity index (χ3v) is 5.81. The number of imidazole rings is 1. The normalized spacial score (nSPS) is 16.3. The Hall–Kier alpha value is -2.64. The summed E-state index contributed by atoms with van der Waals surface area (Å²) in [5.74, 6) is 0.666. The number of anilines is 1. The van der Waals surface area contributed by atoms with E-state index < -0.39 is 6.10 Å². The van der Waals surface area contributed by atoms with Gasteiger partial charge in [-0.05, 0) is 19.9 Å². The van der Waals surface area contributed by atoms with Gasteiger partial charge >= 0.3 is 0 Å². The van der Waals surface area contributed by atoms with Crippen LogP contribution in [0.15, 0.2) is 42.9 Å². The van der Waals surface area contributed by atoms with Gasteiger partial charge in [-0.25, -0.2) is 4.98 Å². The highest BCUT2D eigenvalue weighted by molar-refractivity contribution is 5.56. The number of aryl methyl sites for hydroxylation is 3. The maximum atomic E-state index is 10.9. The molecule has 1 aliphatic heterocycles. The van der Waals surface area contributed by atoms with Crippen LogP contribution < -0.4 is 4.90 Å². The van der Waals surface area contributed by atoms with Crippen LogP contribution in [-0.4, -0.2) is 55.5 Å². The molecule has 1 aromatic carbocycles. The van der Waals surface area contributed by atoms with Crippen LogP contribution in [0.1, 0.15) is 35.7 Å². The maximum absolute atomic E-state index is 10.9. The summed E-state index contributed by atoms with van der Waals surface area (Å²) in [6.45, 7) is 9.91. The first-order valence-electron chi connectivity index (χ1n) is 10.3. The highest BCUT2D eigenvalue weighted by Gasteiger charge is 2.24. The summed E-state index contributed by atoms with van der Waals surface area (Å²) in [4.78, 5) is 9.19. The summed E-state index contributed by atoms with van der Waals surface area (Å²) in [7, 11) is 1.91. The van der Waals surface area contributed by atoms with Crippen LogP contribution in [0.4, 0.5) is 5.69 Å². The van der Waals surface area contributed by atoms with Crippen LogP contribution in [-0.2, 0) is 20.1 Å². The lowest BCUT2D eigenvalue weighted by Crippen LogP contribution is -2.46. The predicted octanol–water partition coefficient (Wildman–Crippen LogP) is 2.35. The first kappa shape index (κ1) is 19.7. The van der Waals surface area contributed by atoms with E-state index in [0.717, 1.165) is 56.2 Å². The van der Waals surface area contributed by atoms with Crippen LogP contribution in [0.3, 0.4) is 0 Å². The highest BCUT2D eigenvalue weighted by atomic mass is 16.3. The lowest BCUT2D eigenvalue weighted by atomic mass is 10.0. The number of benzene rings is 1. The number of aliphatic hydroxyl groups excluding tert-OH is 1. The fourth-order valence-electron chi connectivity index (χ4n) is 4.05. The Labute approximate surface area is 172 Å². The number of nitrogens with zero attached hydrogens (tertiary/aromatic N) is 6. The van der Waals surface area contributed by atoms with Gasteiger partial charge in [0.15, 0.2) is 0 Å². The number of rotatable bonds is 6. The summed E-state index contributed by atoms with van der Waals surface area (Å²) in [5, 5.41) is 15.5. The van der Waals surface area contributed by atoms with Gasteiger partial charge in [0.25, 0.3) is 0 Å². The molecule has 3 aromatic rings. The lowest BCUT2D eigenvalue weighted by molar-refractivity contribution is 0.205. The number of aliphatic hydroxyl groups is 1. The van der Waals surface area contributed by atoms with Gasteiger partial charge in [0.1, 0.15) is 11.9 Å². The van der Waals surface area contributed by atoms with Gasteiger partial charge in [0.2, 0.25) is 0 Å². The van der Waals surface area contributed by atoms with Gasteiger partial charge in [0, 0.05) is 81.7 Å². The average molecular weight is 395 g/mol. The van der Waals surface area contributed by atoms with Crippen molar-refractivity contribution in [3.05, 3.63) is 65.5 Å². The molecule has 154 valence electrons. The van der Waals surface area contributed by atoms with Gasteiger partial charge < -0.3 is 14.6 Å². The molecule has 1 atom stereocenters. The zero-order valence-electron chi connectivity index (χ0n) is 17.5. The molecular weight excluding hydrogens is 364 g/mol. The second kappa shape index (κ2) is 8.39. The molecule has 1 fully saturated rings. The van der Waals surface area contributed by atoms with E-state index in [1.165, 1.54) is 5.56 Å². The monoisotopic (exact) mass is 394 g/mol. The van der Waals surface area contributed by atoms with E-state index in [-0.39, 0.29) is 0 Å². The van der Waals surface area contributed by atoms with Gasteiger partial charge in [-0.2, -0.15) is 5.10 Å². The Kier molecular flexibility index (Phi) is 5.69. The molecule has 0 saturated carbocycles. The van der Waals surface area contributed by atoms with Crippen molar-refractivity contribution in [2.75, 3.05) is 31.1 Å². The molecule has 29 heavy (non-hydrogen) atoms. The van der Waals surface area contributed by atoms with Crippen molar-refractivity contribution < 1.29 is 5.11 Å². The van der Waals surface area contributed by atoms with Gasteiger partial charge in [-0.1, -0.05) is 18.2 Å². The van der Waals surface area contributed by atoms with E-state index in [9.17, 15) is 5.11 Å². The Balaban J connectivity index is 1.45. The first-order chi connectivity index (χ1) is 14.1. The summed E-state index contributed by atoms with van der Waals surface area (Å²) in [6.07, 6.45) is 5.03. The van der Waals surface area contributed by atoms with E-state index >= 15 is 0 Å². The lowest BCUT2D eigenvalue weighted by Gasteiger charge is -2.37. The van der Waals surface area contributed by atoms with Crippen molar-refractivity contribution in [3.63, 3.8) is 0 Å². The van der Waals surface area contributed by atoms with Crippen LogP contribution in [0, 0.1) is 6.92 Å². The molecule has 0 spiro atoms. The van der Waals surface area contributed by atoms with E-state index in [1.54, 1.807) is 6.20 Å². The smallest absolute Gasteiger partial charge is 0.142 e. The minimum Gasteiger partial charge on any atom is -0.380 e. The molecule has 0 radical (unpaired) electrons. The molecule has 0 amide bonds. The third-order valence-electron chi connectivity index (χ3n) is 5.81. The van der Waals surface area contributed by atoms with Crippen LogP contribution >= 0.6 is 0 Å². The molecule has 2 aromatic heterocycles. The topological polar surface area (TPSA) is 62.4 Å². The zero-order valence-corrected chi connectivity index (χ0v) is 17.5. The van der Waals surface area contributed by atoms with E-state index in [2.05, 4.69) is 46.0 Å². The third kappa shape index (κ3) is 4.06. The number of hydrogen-bond acceptors (Lipinski definition) is 5. The molecule has 1 aliphatic rings. The van der Waals surface area contributed by atoms with Crippen molar-refractivity contribution in [1.29, 1.82) is 0 Å². The number of para-hydroxylation sites is 1. The van der Waals surface area contributed by atoms with E-state index in [0.29, 0.717) is 5.82 Å². The second-order valence-corrected chi connectivity index (χ2v) is 7.72. The SMILES string of the molecule is CCn1cc(CN2CCN(c3ccccc3C(O)c3nccn3C)CC2)c(C)n1. The Morgan fingerprint density at radius 3 is 2.55 bits per heavy atom. The van der Waals surface area contributed by atoms with Gasteiger partial charge in [-0.15, -0.1) is 0 Å². The van der Waals surface area contributed by atoms with Crippen LogP contribution in [0.25, 0.3) is 0 Å². The number of piperazine rings is 1. The summed E-state index contributed by atoms with van der Waals surface area (Å²) in [6, 6.07) is 8.13. The quantitative estimate of drug-likeness (QED) is 0.695. The van der Waals surface area contributed by atoms with Crippen molar-refractivity contribution in [1.82, 2.24) is 24.2 Å². The van der Waals surface area contributed by atoms with Gasteiger partial charge in [0.05, 0.1) is 5.69 Å². The molecule has 1 saturated heterocycles. The minimum atomic E-state index is -0.730. The molecular formula is C22H30N6O. The highest BCUT2D eigenvalue weighted by Crippen LogP contribution is 2.30. The van der Waals surface area contributed by atoms with Crippen molar-refractivity contribution >= 4 is 5.69 Å². The Morgan fingerprint density at radius 1 is 1.14 bits per heavy atom. The van der Waals surface area contributed by atoms with E-state index in [4.69, 9.17) is 0 Å². The van der Waals surface area contributed by atoms with E-state index in [1.807, 2.05) is 40.7 Å². The van der Waals surface area contributed by atoms with Crippen molar-refractivity contribution in [2.45, 2.75) is 33.0 Å².